The Kier molecular flexibility index (Phi) is 6.27. The third-order valence-corrected chi connectivity index (χ3v) is 5.80. The zero-order valence-electron chi connectivity index (χ0n) is 19.5. The molecule has 1 fully saturated rings. The third-order valence-electron chi connectivity index (χ3n) is 5.80. The van der Waals surface area contributed by atoms with Crippen molar-refractivity contribution in [2.24, 2.45) is 5.92 Å². The Morgan fingerprint density at radius 2 is 1.85 bits per heavy atom. The van der Waals surface area contributed by atoms with Crippen LogP contribution in [0.25, 0.3) is 12.2 Å². The molecule has 0 saturated heterocycles. The molecule has 0 spiro atoms. The molecule has 0 N–H and O–H groups in total. The maximum Gasteiger partial charge on any atom is 0.330 e. The van der Waals surface area contributed by atoms with Gasteiger partial charge in [0.25, 0.3) is 0 Å². The number of ether oxygens (including phenoxy) is 3. The molecule has 1 amide bonds. The number of hydrogen-bond donors (Lipinski definition) is 0. The molecule has 6 nitrogen and oxygen atoms in total. The first-order chi connectivity index (χ1) is 15.8. The molecular weight excluding hydrogens is 418 g/mol. The Bertz CT molecular complexity index is 1110. The van der Waals surface area contributed by atoms with E-state index in [0.717, 1.165) is 35.2 Å². The largest absolute Gasteiger partial charge is 0.492 e. The Morgan fingerprint density at radius 1 is 1.12 bits per heavy atom. The van der Waals surface area contributed by atoms with Crippen molar-refractivity contribution >= 4 is 29.7 Å². The summed E-state index contributed by atoms with van der Waals surface area (Å²) in [6.45, 7) is 4.37. The molecule has 33 heavy (non-hydrogen) atoms. The molecule has 6 heteroatoms. The zero-order valence-corrected chi connectivity index (χ0v) is 19.5. The van der Waals surface area contributed by atoms with Crippen LogP contribution >= 0.6 is 0 Å². The molecule has 2 aromatic rings. The number of benzene rings is 2. The lowest BCUT2D eigenvalue weighted by Gasteiger charge is -2.31. The molecule has 0 aromatic heterocycles. The van der Waals surface area contributed by atoms with Crippen molar-refractivity contribution in [1.82, 2.24) is 0 Å². The highest BCUT2D eigenvalue weighted by molar-refractivity contribution is 5.96. The van der Waals surface area contributed by atoms with Gasteiger partial charge in [0.05, 0.1) is 20.8 Å². The van der Waals surface area contributed by atoms with Gasteiger partial charge in [0.1, 0.15) is 5.60 Å². The van der Waals surface area contributed by atoms with E-state index in [9.17, 15) is 9.59 Å². The number of esters is 1. The SMILES string of the molecule is COC(=O)/C=C/c1ccc(N(Cc2ccc3c(c2OC)OC(C)(C)C=C3)C(=O)C2CC2)cc1. The molecule has 172 valence electrons. The Labute approximate surface area is 194 Å². The molecule has 1 aliphatic heterocycles. The van der Waals surface area contributed by atoms with E-state index in [1.807, 2.05) is 62.4 Å². The number of rotatable bonds is 7. The van der Waals surface area contributed by atoms with Gasteiger partial charge in [-0.05, 0) is 56.5 Å². The number of hydrogen-bond acceptors (Lipinski definition) is 5. The summed E-state index contributed by atoms with van der Waals surface area (Å²) < 4.78 is 16.6. The maximum absolute atomic E-state index is 13.2. The first-order valence-corrected chi connectivity index (χ1v) is 11.1. The van der Waals surface area contributed by atoms with E-state index < -0.39 is 11.6 Å². The lowest BCUT2D eigenvalue weighted by atomic mass is 9.99. The summed E-state index contributed by atoms with van der Waals surface area (Å²) in [6.07, 6.45) is 8.95. The summed E-state index contributed by atoms with van der Waals surface area (Å²) in [5.74, 6) is 1.10. The zero-order chi connectivity index (χ0) is 23.6. The molecule has 0 bridgehead atoms. The van der Waals surface area contributed by atoms with Crippen molar-refractivity contribution in [3.05, 3.63) is 65.2 Å². The average molecular weight is 448 g/mol. The van der Waals surface area contributed by atoms with E-state index in [-0.39, 0.29) is 11.8 Å². The van der Waals surface area contributed by atoms with Gasteiger partial charge in [-0.15, -0.1) is 0 Å². The Hall–Kier alpha value is -3.54. The van der Waals surface area contributed by atoms with Gasteiger partial charge in [0, 0.05) is 28.8 Å². The second kappa shape index (κ2) is 9.14. The van der Waals surface area contributed by atoms with Gasteiger partial charge < -0.3 is 19.1 Å². The van der Waals surface area contributed by atoms with Crippen molar-refractivity contribution < 1.29 is 23.8 Å². The average Bonchev–Trinajstić information content (AvgIpc) is 3.65. The van der Waals surface area contributed by atoms with Crippen LogP contribution in [0.5, 0.6) is 11.5 Å². The first kappa shape index (κ1) is 22.6. The van der Waals surface area contributed by atoms with Crippen LogP contribution in [0.15, 0.2) is 48.6 Å². The van der Waals surface area contributed by atoms with Gasteiger partial charge in [-0.3, -0.25) is 4.79 Å². The molecule has 0 radical (unpaired) electrons. The van der Waals surface area contributed by atoms with Crippen molar-refractivity contribution in [3.63, 3.8) is 0 Å². The van der Waals surface area contributed by atoms with E-state index in [0.29, 0.717) is 18.0 Å². The molecule has 4 rings (SSSR count). The van der Waals surface area contributed by atoms with Crippen molar-refractivity contribution in [3.8, 4) is 11.5 Å². The molecule has 2 aliphatic rings. The molecule has 0 atom stereocenters. The monoisotopic (exact) mass is 447 g/mol. The highest BCUT2D eigenvalue weighted by atomic mass is 16.5. The number of methoxy groups -OCH3 is 2. The molecular formula is C27H29NO5. The Morgan fingerprint density at radius 3 is 2.48 bits per heavy atom. The minimum absolute atomic E-state index is 0.0608. The molecule has 1 heterocycles. The van der Waals surface area contributed by atoms with Crippen LogP contribution in [0.2, 0.25) is 0 Å². The molecule has 1 saturated carbocycles. The summed E-state index contributed by atoms with van der Waals surface area (Å²) >= 11 is 0. The van der Waals surface area contributed by atoms with E-state index in [4.69, 9.17) is 9.47 Å². The predicted molar refractivity (Wildman–Crippen MR) is 128 cm³/mol. The van der Waals surface area contributed by atoms with Gasteiger partial charge in [-0.25, -0.2) is 4.79 Å². The fourth-order valence-corrected chi connectivity index (χ4v) is 3.81. The summed E-state index contributed by atoms with van der Waals surface area (Å²) in [5.41, 5.74) is 3.04. The van der Waals surface area contributed by atoms with Crippen molar-refractivity contribution in [2.75, 3.05) is 19.1 Å². The normalized spacial score (nSPS) is 16.1. The molecule has 1 aliphatic carbocycles. The van der Waals surface area contributed by atoms with Crippen LogP contribution in [0.4, 0.5) is 5.69 Å². The highest BCUT2D eigenvalue weighted by Gasteiger charge is 2.35. The third kappa shape index (κ3) is 5.11. The van der Waals surface area contributed by atoms with Crippen LogP contribution in [-0.2, 0) is 20.9 Å². The summed E-state index contributed by atoms with van der Waals surface area (Å²) in [6, 6.07) is 11.5. The minimum Gasteiger partial charge on any atom is -0.492 e. The second-order valence-corrected chi connectivity index (χ2v) is 8.86. The van der Waals surface area contributed by atoms with Crippen LogP contribution in [0.3, 0.4) is 0 Å². The standard InChI is InChI=1S/C27H29NO5/c1-27(2)16-15-19-8-11-21(24(32-4)25(19)33-27)17-28(26(30)20-9-10-20)22-12-5-18(6-13-22)7-14-23(29)31-3/h5-8,11-16,20H,9-10,17H2,1-4H3/b14-7+. The van der Waals surface area contributed by atoms with Gasteiger partial charge in [0.15, 0.2) is 11.5 Å². The lowest BCUT2D eigenvalue weighted by Crippen LogP contribution is -2.32. The summed E-state index contributed by atoms with van der Waals surface area (Å²) in [7, 11) is 2.97. The molecule has 2 aromatic carbocycles. The topological polar surface area (TPSA) is 65.1 Å². The maximum atomic E-state index is 13.2. The fourth-order valence-electron chi connectivity index (χ4n) is 3.81. The van der Waals surface area contributed by atoms with Gasteiger partial charge in [-0.1, -0.05) is 30.3 Å². The summed E-state index contributed by atoms with van der Waals surface area (Å²) in [5, 5.41) is 0. The second-order valence-electron chi connectivity index (χ2n) is 8.86. The van der Waals surface area contributed by atoms with Crippen molar-refractivity contribution in [2.45, 2.75) is 38.8 Å². The highest BCUT2D eigenvalue weighted by Crippen LogP contribution is 2.42. The fraction of sp³-hybridized carbons (Fsp3) is 0.333. The number of carbonyl (C=O) groups excluding carboxylic acids is 2. The van der Waals surface area contributed by atoms with Crippen LogP contribution in [-0.4, -0.2) is 31.7 Å². The van der Waals surface area contributed by atoms with E-state index in [2.05, 4.69) is 4.74 Å². The van der Waals surface area contributed by atoms with Crippen LogP contribution in [0, 0.1) is 5.92 Å². The van der Waals surface area contributed by atoms with Gasteiger partial charge in [-0.2, -0.15) is 0 Å². The molecule has 0 unspecified atom stereocenters. The number of anilines is 1. The lowest BCUT2D eigenvalue weighted by molar-refractivity contribution is -0.134. The van der Waals surface area contributed by atoms with E-state index in [1.165, 1.54) is 13.2 Å². The smallest absolute Gasteiger partial charge is 0.330 e. The number of amides is 1. The first-order valence-electron chi connectivity index (χ1n) is 11.1. The minimum atomic E-state index is -0.435. The van der Waals surface area contributed by atoms with E-state index >= 15 is 0 Å². The van der Waals surface area contributed by atoms with Gasteiger partial charge >= 0.3 is 5.97 Å². The Balaban J connectivity index is 1.64. The quantitative estimate of drug-likeness (QED) is 0.441. The summed E-state index contributed by atoms with van der Waals surface area (Å²) in [4.78, 5) is 26.4. The van der Waals surface area contributed by atoms with Gasteiger partial charge in [0.2, 0.25) is 5.91 Å². The number of fused-ring (bicyclic) bond motifs is 1. The number of carbonyl (C=O) groups is 2. The van der Waals surface area contributed by atoms with Crippen molar-refractivity contribution in [1.29, 1.82) is 0 Å². The number of nitrogens with zero attached hydrogens (tertiary/aromatic N) is 1. The van der Waals surface area contributed by atoms with E-state index in [1.54, 1.807) is 18.1 Å². The predicted octanol–water partition coefficient (Wildman–Crippen LogP) is 5.01. The van der Waals surface area contributed by atoms with Crippen LogP contribution < -0.4 is 14.4 Å². The van der Waals surface area contributed by atoms with Crippen LogP contribution in [0.1, 0.15) is 43.4 Å².